The van der Waals surface area contributed by atoms with Gasteiger partial charge >= 0.3 is 6.18 Å². The lowest BCUT2D eigenvalue weighted by Crippen LogP contribution is -2.57. The van der Waals surface area contributed by atoms with Crippen LogP contribution in [0.4, 0.5) is 18.9 Å². The van der Waals surface area contributed by atoms with Crippen LogP contribution in [0.15, 0.2) is 48.5 Å². The first-order valence-electron chi connectivity index (χ1n) is 14.4. The number of rotatable bonds is 8. The molecule has 2 aliphatic heterocycles. The Bertz CT molecular complexity index is 1200. The molecule has 224 valence electrons. The number of carbonyl (C=O) groups excluding carboxylic acids is 2. The second kappa shape index (κ2) is 13.0. The number of piperidine rings is 2. The van der Waals surface area contributed by atoms with E-state index in [2.05, 4.69) is 11.8 Å². The van der Waals surface area contributed by atoms with Gasteiger partial charge in [-0.15, -0.1) is 0 Å². The molecule has 2 fully saturated rings. The Labute approximate surface area is 245 Å². The average Bonchev–Trinajstić information content (AvgIpc) is 2.98. The van der Waals surface area contributed by atoms with Gasteiger partial charge in [0, 0.05) is 51.0 Å². The number of alkyl halides is 3. The van der Waals surface area contributed by atoms with Gasteiger partial charge in [-0.2, -0.15) is 13.2 Å². The van der Waals surface area contributed by atoms with Crippen molar-refractivity contribution in [3.63, 3.8) is 0 Å². The van der Waals surface area contributed by atoms with Crippen LogP contribution < -0.4 is 4.90 Å². The maximum atomic E-state index is 14.0. The van der Waals surface area contributed by atoms with Gasteiger partial charge in [0.2, 0.25) is 0 Å². The van der Waals surface area contributed by atoms with Crippen LogP contribution in [0.3, 0.4) is 0 Å². The number of benzene rings is 2. The number of halogens is 4. The molecular formula is C31H39ClF3N3O3. The van der Waals surface area contributed by atoms with Crippen LogP contribution in [0.5, 0.6) is 0 Å². The maximum absolute atomic E-state index is 14.0. The van der Waals surface area contributed by atoms with Gasteiger partial charge in [-0.3, -0.25) is 9.59 Å². The fourth-order valence-corrected chi connectivity index (χ4v) is 6.35. The number of nitrogens with zero attached hydrogens (tertiary/aromatic N) is 3. The highest BCUT2D eigenvalue weighted by Gasteiger charge is 2.62. The summed E-state index contributed by atoms with van der Waals surface area (Å²) in [5, 5.41) is 11.1. The normalized spacial score (nSPS) is 18.7. The topological polar surface area (TPSA) is 64.1 Å². The highest BCUT2D eigenvalue weighted by atomic mass is 35.5. The van der Waals surface area contributed by atoms with Crippen molar-refractivity contribution in [1.29, 1.82) is 0 Å². The molecule has 0 bridgehead atoms. The summed E-state index contributed by atoms with van der Waals surface area (Å²) in [6, 6.07) is 12.2. The van der Waals surface area contributed by atoms with Crippen LogP contribution in [0.1, 0.15) is 61.4 Å². The van der Waals surface area contributed by atoms with Crippen LogP contribution in [0.25, 0.3) is 0 Å². The minimum atomic E-state index is -5.13. The van der Waals surface area contributed by atoms with Crippen LogP contribution in [-0.2, 0) is 10.4 Å². The zero-order chi connectivity index (χ0) is 29.8. The van der Waals surface area contributed by atoms with Gasteiger partial charge in [0.1, 0.15) is 0 Å². The highest BCUT2D eigenvalue weighted by Crippen LogP contribution is 2.42. The summed E-state index contributed by atoms with van der Waals surface area (Å²) >= 11 is 6.52. The zero-order valence-electron chi connectivity index (χ0n) is 23.7. The van der Waals surface area contributed by atoms with Crippen molar-refractivity contribution < 1.29 is 27.9 Å². The summed E-state index contributed by atoms with van der Waals surface area (Å²) in [5.74, 6) is -0.683. The molecule has 41 heavy (non-hydrogen) atoms. The van der Waals surface area contributed by atoms with Gasteiger partial charge in [0.05, 0.1) is 10.6 Å². The molecule has 0 spiro atoms. The molecule has 1 N–H and O–H groups in total. The summed E-state index contributed by atoms with van der Waals surface area (Å²) in [5.41, 5.74) is -2.56. The minimum absolute atomic E-state index is 0.0871. The molecule has 0 radical (unpaired) electrons. The lowest BCUT2D eigenvalue weighted by atomic mass is 9.78. The Balaban J connectivity index is 1.32. The van der Waals surface area contributed by atoms with Crippen molar-refractivity contribution in [2.75, 3.05) is 44.7 Å². The average molecular weight is 594 g/mol. The van der Waals surface area contributed by atoms with E-state index < -0.39 is 23.2 Å². The number of hydrogen-bond donors (Lipinski definition) is 1. The Morgan fingerprint density at radius 2 is 1.56 bits per heavy atom. The molecule has 2 saturated heterocycles. The van der Waals surface area contributed by atoms with Crippen molar-refractivity contribution in [2.24, 2.45) is 11.8 Å². The third-order valence-corrected chi connectivity index (χ3v) is 9.00. The molecule has 2 heterocycles. The maximum Gasteiger partial charge on any atom is 0.430 e. The van der Waals surface area contributed by atoms with Crippen LogP contribution in [0, 0.1) is 11.8 Å². The van der Waals surface area contributed by atoms with Crippen LogP contribution in [-0.4, -0.2) is 72.7 Å². The predicted molar refractivity (Wildman–Crippen MR) is 154 cm³/mol. The minimum Gasteiger partial charge on any atom is -0.371 e. The largest absolute Gasteiger partial charge is 0.430 e. The summed E-state index contributed by atoms with van der Waals surface area (Å²) < 4.78 is 41.9. The van der Waals surface area contributed by atoms with E-state index >= 15 is 0 Å². The van der Waals surface area contributed by atoms with Crippen molar-refractivity contribution in [2.45, 2.75) is 57.2 Å². The predicted octanol–water partition coefficient (Wildman–Crippen LogP) is 6.12. The number of unbranched alkanes of at least 4 members (excludes halogenated alkanes) is 1. The number of anilines is 1. The zero-order valence-corrected chi connectivity index (χ0v) is 24.4. The Hall–Kier alpha value is -2.78. The fourth-order valence-electron chi connectivity index (χ4n) is 6.10. The molecule has 1 unspecified atom stereocenters. The lowest BCUT2D eigenvalue weighted by molar-refractivity contribution is -0.262. The van der Waals surface area contributed by atoms with Crippen molar-refractivity contribution in [3.05, 3.63) is 64.7 Å². The molecule has 2 aromatic rings. The number of aliphatic hydroxyl groups is 1. The molecule has 0 saturated carbocycles. The molecule has 0 aromatic heterocycles. The number of carbonyl (C=O) groups is 2. The molecule has 2 aliphatic rings. The number of amides is 2. The van der Waals surface area contributed by atoms with Gasteiger partial charge in [-0.25, -0.2) is 0 Å². The van der Waals surface area contributed by atoms with E-state index in [4.69, 9.17) is 11.6 Å². The van der Waals surface area contributed by atoms with E-state index in [-0.39, 0.29) is 19.0 Å². The molecule has 10 heteroatoms. The molecule has 2 amide bonds. The summed E-state index contributed by atoms with van der Waals surface area (Å²) in [7, 11) is 1.78. The molecule has 6 nitrogen and oxygen atoms in total. The third-order valence-electron chi connectivity index (χ3n) is 8.69. The van der Waals surface area contributed by atoms with Crippen LogP contribution >= 0.6 is 11.6 Å². The van der Waals surface area contributed by atoms with E-state index in [0.717, 1.165) is 61.5 Å². The van der Waals surface area contributed by atoms with Crippen molar-refractivity contribution in [3.8, 4) is 0 Å². The Kier molecular flexibility index (Phi) is 9.90. The SMILES string of the molecule is CCCCN(C)C(=O)c1ccc(N2CCC(C3CCN(C(=O)C(O)(c4ccccc4)C(F)(F)F)CC3)CC2)cc1Cl. The Morgan fingerprint density at radius 1 is 0.976 bits per heavy atom. The molecule has 4 rings (SSSR count). The van der Waals surface area contributed by atoms with Crippen molar-refractivity contribution in [1.82, 2.24) is 9.80 Å². The van der Waals surface area contributed by atoms with E-state index in [1.807, 2.05) is 12.1 Å². The van der Waals surface area contributed by atoms with Crippen LogP contribution in [0.2, 0.25) is 5.02 Å². The Morgan fingerprint density at radius 3 is 2.10 bits per heavy atom. The first-order valence-corrected chi connectivity index (χ1v) is 14.8. The van der Waals surface area contributed by atoms with Gasteiger partial charge in [-0.05, 0) is 62.1 Å². The monoisotopic (exact) mass is 593 g/mol. The summed E-state index contributed by atoms with van der Waals surface area (Å²) in [6.07, 6.45) is -0.131. The number of likely N-dealkylation sites (tertiary alicyclic amines) is 1. The molecule has 1 atom stereocenters. The van der Waals surface area contributed by atoms with E-state index in [1.165, 1.54) is 12.1 Å². The van der Waals surface area contributed by atoms with Crippen molar-refractivity contribution >= 4 is 29.1 Å². The first kappa shape index (κ1) is 31.2. The quantitative estimate of drug-likeness (QED) is 0.401. The molecule has 0 aliphatic carbocycles. The molecular weight excluding hydrogens is 555 g/mol. The van der Waals surface area contributed by atoms with E-state index in [1.54, 1.807) is 24.1 Å². The van der Waals surface area contributed by atoms with E-state index in [9.17, 15) is 27.9 Å². The second-order valence-corrected chi connectivity index (χ2v) is 11.7. The molecule has 2 aromatic carbocycles. The van der Waals surface area contributed by atoms with Gasteiger partial charge in [0.25, 0.3) is 17.4 Å². The smallest absolute Gasteiger partial charge is 0.371 e. The van der Waals surface area contributed by atoms with E-state index in [0.29, 0.717) is 41.8 Å². The highest BCUT2D eigenvalue weighted by molar-refractivity contribution is 6.34. The first-order chi connectivity index (χ1) is 19.5. The van der Waals surface area contributed by atoms with Gasteiger partial charge in [-0.1, -0.05) is 55.3 Å². The standard InChI is InChI=1S/C31H39ClF3N3O3/c1-3-4-16-36(2)28(39)26-11-10-25(21-27(26)32)37-17-12-22(13-18-37)23-14-19-38(20-15-23)29(40)30(41,31(33,34)35)24-8-6-5-7-9-24/h5-11,21-23,41H,3-4,12-20H2,1-2H3. The fraction of sp³-hybridized carbons (Fsp3) is 0.548. The second-order valence-electron chi connectivity index (χ2n) is 11.3. The third kappa shape index (κ3) is 6.67. The number of hydrogen-bond acceptors (Lipinski definition) is 4. The summed E-state index contributed by atoms with van der Waals surface area (Å²) in [6.45, 7) is 4.76. The lowest BCUT2D eigenvalue weighted by Gasteiger charge is -2.42. The summed E-state index contributed by atoms with van der Waals surface area (Å²) in [4.78, 5) is 30.9. The van der Waals surface area contributed by atoms with Gasteiger partial charge in [0.15, 0.2) is 0 Å². The van der Waals surface area contributed by atoms with Gasteiger partial charge < -0.3 is 19.8 Å².